The summed E-state index contributed by atoms with van der Waals surface area (Å²) < 4.78 is 0. The lowest BCUT2D eigenvalue weighted by Crippen LogP contribution is -2.41. The first kappa shape index (κ1) is 14.5. The van der Waals surface area contributed by atoms with E-state index in [-0.39, 0.29) is 11.3 Å². The summed E-state index contributed by atoms with van der Waals surface area (Å²) in [7, 11) is 0. The Morgan fingerprint density at radius 2 is 2.11 bits per heavy atom. The molecule has 0 N–H and O–H groups in total. The quantitative estimate of drug-likeness (QED) is 0.834. The van der Waals surface area contributed by atoms with Gasteiger partial charge in [0.2, 0.25) is 5.91 Å². The van der Waals surface area contributed by atoms with E-state index in [9.17, 15) is 4.79 Å². The van der Waals surface area contributed by atoms with E-state index in [0.717, 1.165) is 39.1 Å². The summed E-state index contributed by atoms with van der Waals surface area (Å²) in [4.78, 5) is 22.2. The third-order valence-corrected chi connectivity index (χ3v) is 4.14. The number of carbonyl (C=O) groups excluding carboxylic acids is 1. The van der Waals surface area contributed by atoms with Crippen LogP contribution in [0.5, 0.6) is 0 Å². The normalized spacial score (nSPS) is 18.4. The summed E-state index contributed by atoms with van der Waals surface area (Å²) in [6.07, 6.45) is 2.99. The number of hydrogen-bond donors (Lipinski definition) is 0. The summed E-state index contributed by atoms with van der Waals surface area (Å²) in [5.74, 6) is 0.271. The van der Waals surface area contributed by atoms with E-state index in [1.165, 1.54) is 4.88 Å². The van der Waals surface area contributed by atoms with Gasteiger partial charge in [0, 0.05) is 49.2 Å². The molecule has 0 unspecified atom stereocenters. The molecule has 0 bridgehead atoms. The molecule has 5 heteroatoms. The highest BCUT2D eigenvalue weighted by Gasteiger charge is 2.28. The highest BCUT2D eigenvalue weighted by Crippen LogP contribution is 2.19. The van der Waals surface area contributed by atoms with E-state index in [4.69, 9.17) is 0 Å². The molecule has 0 spiro atoms. The van der Waals surface area contributed by atoms with Gasteiger partial charge in [-0.2, -0.15) is 0 Å². The minimum atomic E-state index is -0.271. The Hall–Kier alpha value is -0.940. The Morgan fingerprint density at radius 3 is 2.74 bits per heavy atom. The average Bonchev–Trinajstić information content (AvgIpc) is 2.72. The first-order valence-electron chi connectivity index (χ1n) is 6.86. The van der Waals surface area contributed by atoms with Gasteiger partial charge in [-0.05, 0) is 6.42 Å². The van der Waals surface area contributed by atoms with E-state index in [1.807, 2.05) is 37.4 Å². The van der Waals surface area contributed by atoms with Crippen LogP contribution in [0.15, 0.2) is 11.7 Å². The number of thiazole rings is 1. The second-order valence-electron chi connectivity index (χ2n) is 6.14. The van der Waals surface area contributed by atoms with Crippen LogP contribution < -0.4 is 0 Å². The molecule has 1 saturated heterocycles. The van der Waals surface area contributed by atoms with Crippen LogP contribution in [-0.2, 0) is 11.3 Å². The van der Waals surface area contributed by atoms with Gasteiger partial charge in [-0.3, -0.25) is 14.7 Å². The highest BCUT2D eigenvalue weighted by molar-refractivity contribution is 7.09. The van der Waals surface area contributed by atoms with E-state index < -0.39 is 0 Å². The van der Waals surface area contributed by atoms with Crippen LogP contribution in [0.3, 0.4) is 0 Å². The molecule has 0 aliphatic carbocycles. The molecule has 0 saturated carbocycles. The van der Waals surface area contributed by atoms with Crippen LogP contribution in [-0.4, -0.2) is 46.9 Å². The van der Waals surface area contributed by atoms with Gasteiger partial charge >= 0.3 is 0 Å². The van der Waals surface area contributed by atoms with Crippen molar-refractivity contribution >= 4 is 17.2 Å². The average molecular weight is 281 g/mol. The smallest absolute Gasteiger partial charge is 0.227 e. The van der Waals surface area contributed by atoms with Crippen LogP contribution in [0.1, 0.15) is 32.1 Å². The second-order valence-corrected chi connectivity index (χ2v) is 7.11. The standard InChI is InChI=1S/C14H23N3OS/c1-14(2,3)13(18)17-6-4-5-16(7-8-17)10-12-9-15-11-19-12/h9,11H,4-8,10H2,1-3H3. The van der Waals surface area contributed by atoms with Gasteiger partial charge in [-0.25, -0.2) is 0 Å². The zero-order valence-electron chi connectivity index (χ0n) is 12.1. The third kappa shape index (κ3) is 4.01. The van der Waals surface area contributed by atoms with E-state index >= 15 is 0 Å². The number of aromatic nitrogens is 1. The van der Waals surface area contributed by atoms with E-state index in [1.54, 1.807) is 11.3 Å². The fraction of sp³-hybridized carbons (Fsp3) is 0.714. The molecule has 1 amide bonds. The summed E-state index contributed by atoms with van der Waals surface area (Å²) in [5.41, 5.74) is 1.61. The first-order valence-corrected chi connectivity index (χ1v) is 7.74. The molecule has 0 radical (unpaired) electrons. The van der Waals surface area contributed by atoms with E-state index in [0.29, 0.717) is 0 Å². The van der Waals surface area contributed by atoms with Crippen molar-refractivity contribution in [3.63, 3.8) is 0 Å². The minimum Gasteiger partial charge on any atom is -0.341 e. The third-order valence-electron chi connectivity index (χ3n) is 3.38. The van der Waals surface area contributed by atoms with Crippen molar-refractivity contribution in [1.29, 1.82) is 0 Å². The molecular weight excluding hydrogens is 258 g/mol. The molecule has 0 aromatic carbocycles. The molecule has 19 heavy (non-hydrogen) atoms. The lowest BCUT2D eigenvalue weighted by atomic mass is 9.94. The topological polar surface area (TPSA) is 36.4 Å². The summed E-state index contributed by atoms with van der Waals surface area (Å²) >= 11 is 1.70. The van der Waals surface area contributed by atoms with Crippen molar-refractivity contribution in [2.75, 3.05) is 26.2 Å². The highest BCUT2D eigenvalue weighted by atomic mass is 32.1. The molecule has 1 fully saturated rings. The Morgan fingerprint density at radius 1 is 1.32 bits per heavy atom. The maximum atomic E-state index is 12.3. The van der Waals surface area contributed by atoms with Gasteiger partial charge in [-0.15, -0.1) is 11.3 Å². The Kier molecular flexibility index (Phi) is 4.58. The lowest BCUT2D eigenvalue weighted by molar-refractivity contribution is -0.139. The second kappa shape index (κ2) is 6.01. The van der Waals surface area contributed by atoms with Gasteiger partial charge in [-0.1, -0.05) is 20.8 Å². The maximum absolute atomic E-state index is 12.3. The molecule has 1 aromatic rings. The largest absolute Gasteiger partial charge is 0.341 e. The van der Waals surface area contributed by atoms with Crippen LogP contribution >= 0.6 is 11.3 Å². The number of amides is 1. The van der Waals surface area contributed by atoms with Crippen LogP contribution in [0, 0.1) is 5.41 Å². The molecule has 1 aliphatic heterocycles. The molecule has 1 aliphatic rings. The number of rotatable bonds is 2. The van der Waals surface area contributed by atoms with Crippen LogP contribution in [0.2, 0.25) is 0 Å². The fourth-order valence-electron chi connectivity index (χ4n) is 2.35. The maximum Gasteiger partial charge on any atom is 0.227 e. The van der Waals surface area contributed by atoms with Crippen molar-refractivity contribution in [3.05, 3.63) is 16.6 Å². The van der Waals surface area contributed by atoms with Gasteiger partial charge in [0.25, 0.3) is 0 Å². The molecule has 4 nitrogen and oxygen atoms in total. The zero-order valence-corrected chi connectivity index (χ0v) is 12.9. The number of nitrogens with zero attached hydrogens (tertiary/aromatic N) is 3. The van der Waals surface area contributed by atoms with Crippen LogP contribution in [0.4, 0.5) is 0 Å². The van der Waals surface area contributed by atoms with Gasteiger partial charge in [0.15, 0.2) is 0 Å². The minimum absolute atomic E-state index is 0.271. The van der Waals surface area contributed by atoms with Gasteiger partial charge in [0.05, 0.1) is 5.51 Å². The Bertz CT molecular complexity index is 411. The van der Waals surface area contributed by atoms with Crippen molar-refractivity contribution in [2.45, 2.75) is 33.7 Å². The van der Waals surface area contributed by atoms with Crippen molar-refractivity contribution < 1.29 is 4.79 Å². The van der Waals surface area contributed by atoms with Crippen molar-refractivity contribution in [3.8, 4) is 0 Å². The fourth-order valence-corrected chi connectivity index (χ4v) is 2.98. The van der Waals surface area contributed by atoms with Crippen LogP contribution in [0.25, 0.3) is 0 Å². The molecule has 106 valence electrons. The molecular formula is C14H23N3OS. The molecule has 2 heterocycles. The zero-order chi connectivity index (χ0) is 13.9. The van der Waals surface area contributed by atoms with Gasteiger partial charge in [0.1, 0.15) is 0 Å². The van der Waals surface area contributed by atoms with Crippen molar-refractivity contribution in [1.82, 2.24) is 14.8 Å². The lowest BCUT2D eigenvalue weighted by Gasteiger charge is -2.28. The number of carbonyl (C=O) groups is 1. The first-order chi connectivity index (χ1) is 8.97. The molecule has 2 rings (SSSR count). The number of hydrogen-bond acceptors (Lipinski definition) is 4. The summed E-state index contributed by atoms with van der Waals surface area (Å²) in [6, 6.07) is 0. The summed E-state index contributed by atoms with van der Waals surface area (Å²) in [6.45, 7) is 10.7. The summed E-state index contributed by atoms with van der Waals surface area (Å²) in [5, 5.41) is 0. The molecule has 1 aromatic heterocycles. The Balaban J connectivity index is 1.89. The predicted octanol–water partition coefficient (Wildman–Crippen LogP) is 2.22. The van der Waals surface area contributed by atoms with E-state index in [2.05, 4.69) is 9.88 Å². The SMILES string of the molecule is CC(C)(C)C(=O)N1CCCN(Cc2cncs2)CC1. The van der Waals surface area contributed by atoms with Gasteiger partial charge < -0.3 is 4.90 Å². The predicted molar refractivity (Wildman–Crippen MR) is 78.0 cm³/mol. The molecule has 0 atom stereocenters. The van der Waals surface area contributed by atoms with Crippen molar-refractivity contribution in [2.24, 2.45) is 5.41 Å². The monoisotopic (exact) mass is 281 g/mol. The Labute approximate surface area is 119 Å².